The molecule has 0 radical (unpaired) electrons. The molecule has 32 heavy (non-hydrogen) atoms. The van der Waals surface area contributed by atoms with Gasteiger partial charge in [-0.15, -0.1) is 0 Å². The SMILES string of the molecule is Cn1ncc2cc(COc3ccc(-c4cc(C(N)=O)c(=O)[nH]c4C(F)(F)F)cc3)ccc21. The molecule has 0 saturated carbocycles. The molecule has 3 N–H and O–H groups in total. The second-order valence-corrected chi connectivity index (χ2v) is 7.14. The molecule has 0 aliphatic heterocycles. The van der Waals surface area contributed by atoms with Gasteiger partial charge in [0.05, 0.1) is 11.7 Å². The predicted octanol–water partition coefficient (Wildman–Crippen LogP) is 3.63. The zero-order valence-corrected chi connectivity index (χ0v) is 16.7. The first-order chi connectivity index (χ1) is 15.1. The van der Waals surface area contributed by atoms with Crippen LogP contribution in [0.25, 0.3) is 22.0 Å². The fourth-order valence-corrected chi connectivity index (χ4v) is 3.36. The highest BCUT2D eigenvalue weighted by Gasteiger charge is 2.36. The molecule has 164 valence electrons. The highest BCUT2D eigenvalue weighted by Crippen LogP contribution is 2.35. The molecule has 0 spiro atoms. The van der Waals surface area contributed by atoms with Crippen molar-refractivity contribution in [1.82, 2.24) is 14.8 Å². The van der Waals surface area contributed by atoms with E-state index in [0.717, 1.165) is 22.5 Å². The number of hydrogen-bond donors (Lipinski definition) is 2. The maximum absolute atomic E-state index is 13.4. The Balaban J connectivity index is 1.59. The number of carbonyl (C=O) groups is 1. The molecule has 4 rings (SSSR count). The van der Waals surface area contributed by atoms with E-state index < -0.39 is 28.9 Å². The number of primary amides is 1. The highest BCUT2D eigenvalue weighted by molar-refractivity contribution is 5.94. The van der Waals surface area contributed by atoms with Crippen molar-refractivity contribution in [3.05, 3.63) is 81.9 Å². The van der Waals surface area contributed by atoms with E-state index in [1.54, 1.807) is 15.9 Å². The van der Waals surface area contributed by atoms with Crippen molar-refractivity contribution >= 4 is 16.8 Å². The van der Waals surface area contributed by atoms with Crippen LogP contribution in [-0.2, 0) is 19.8 Å². The zero-order valence-electron chi connectivity index (χ0n) is 16.7. The average Bonchev–Trinajstić information content (AvgIpc) is 3.12. The first-order valence-electron chi connectivity index (χ1n) is 9.41. The van der Waals surface area contributed by atoms with Gasteiger partial charge in [-0.05, 0) is 41.5 Å². The van der Waals surface area contributed by atoms with Crippen molar-refractivity contribution < 1.29 is 22.7 Å². The Morgan fingerprint density at radius 3 is 2.53 bits per heavy atom. The van der Waals surface area contributed by atoms with Gasteiger partial charge in [0.15, 0.2) is 0 Å². The number of alkyl halides is 3. The van der Waals surface area contributed by atoms with Crippen molar-refractivity contribution in [1.29, 1.82) is 0 Å². The van der Waals surface area contributed by atoms with Crippen LogP contribution in [0.3, 0.4) is 0 Å². The largest absolute Gasteiger partial charge is 0.489 e. The molecule has 0 saturated heterocycles. The number of aromatic amines is 1. The second kappa shape index (κ2) is 7.88. The van der Waals surface area contributed by atoms with Gasteiger partial charge < -0.3 is 15.5 Å². The smallest absolute Gasteiger partial charge is 0.431 e. The van der Waals surface area contributed by atoms with E-state index in [0.29, 0.717) is 5.75 Å². The molecule has 0 bridgehead atoms. The van der Waals surface area contributed by atoms with Crippen LogP contribution in [0.1, 0.15) is 21.6 Å². The lowest BCUT2D eigenvalue weighted by Gasteiger charge is -2.14. The number of pyridine rings is 1. The minimum Gasteiger partial charge on any atom is -0.489 e. The number of aryl methyl sites for hydroxylation is 1. The van der Waals surface area contributed by atoms with Crippen molar-refractivity contribution in [2.24, 2.45) is 12.8 Å². The van der Waals surface area contributed by atoms with E-state index in [2.05, 4.69) is 5.10 Å². The number of H-pyrrole nitrogens is 1. The summed E-state index contributed by atoms with van der Waals surface area (Å²) in [6.45, 7) is 0.252. The van der Waals surface area contributed by atoms with Crippen LogP contribution in [-0.4, -0.2) is 20.7 Å². The molecule has 0 aliphatic rings. The molecule has 10 heteroatoms. The number of aromatic nitrogens is 3. The standard InChI is InChI=1S/C22H17F3N4O3/c1-29-18-7-2-12(8-14(18)10-27-29)11-32-15-5-3-13(4-6-15)16-9-17(20(26)30)21(31)28-19(16)22(23,24)25/h2-10H,11H2,1H3,(H2,26,30)(H,28,31). The number of halogens is 3. The van der Waals surface area contributed by atoms with E-state index >= 15 is 0 Å². The minimum atomic E-state index is -4.83. The first-order valence-corrected chi connectivity index (χ1v) is 9.41. The lowest BCUT2D eigenvalue weighted by molar-refractivity contribution is -0.140. The summed E-state index contributed by atoms with van der Waals surface area (Å²) in [4.78, 5) is 24.9. The molecule has 4 aromatic rings. The third kappa shape index (κ3) is 4.07. The van der Waals surface area contributed by atoms with Crippen LogP contribution in [0.4, 0.5) is 13.2 Å². The molecular weight excluding hydrogens is 425 g/mol. The summed E-state index contributed by atoms with van der Waals surface area (Å²) >= 11 is 0. The van der Waals surface area contributed by atoms with Crippen molar-refractivity contribution in [2.75, 3.05) is 0 Å². The predicted molar refractivity (Wildman–Crippen MR) is 111 cm³/mol. The van der Waals surface area contributed by atoms with E-state index in [-0.39, 0.29) is 17.7 Å². The maximum atomic E-state index is 13.4. The fraction of sp³-hybridized carbons (Fsp3) is 0.136. The van der Waals surface area contributed by atoms with Gasteiger partial charge in [-0.25, -0.2) is 0 Å². The lowest BCUT2D eigenvalue weighted by atomic mass is 10.0. The van der Waals surface area contributed by atoms with Gasteiger partial charge in [0.2, 0.25) is 0 Å². The number of benzene rings is 2. The molecule has 1 amide bonds. The normalized spacial score (nSPS) is 11.6. The Kier molecular flexibility index (Phi) is 5.21. The summed E-state index contributed by atoms with van der Waals surface area (Å²) in [7, 11) is 1.85. The number of amides is 1. The summed E-state index contributed by atoms with van der Waals surface area (Å²) in [5, 5.41) is 5.15. The van der Waals surface area contributed by atoms with Gasteiger partial charge in [0.1, 0.15) is 23.6 Å². The molecule has 2 aromatic carbocycles. The average molecular weight is 442 g/mol. The summed E-state index contributed by atoms with van der Waals surface area (Å²) in [6.07, 6.45) is -3.08. The Hall–Kier alpha value is -4.08. The van der Waals surface area contributed by atoms with E-state index in [9.17, 15) is 22.8 Å². The summed E-state index contributed by atoms with van der Waals surface area (Å²) < 4.78 is 47.8. The zero-order chi connectivity index (χ0) is 23.0. The van der Waals surface area contributed by atoms with Crippen LogP contribution >= 0.6 is 0 Å². The fourth-order valence-electron chi connectivity index (χ4n) is 3.36. The Morgan fingerprint density at radius 1 is 1.16 bits per heavy atom. The number of fused-ring (bicyclic) bond motifs is 1. The van der Waals surface area contributed by atoms with Gasteiger partial charge in [0, 0.05) is 18.0 Å². The Labute approximate surface area is 179 Å². The van der Waals surface area contributed by atoms with Crippen LogP contribution in [0.15, 0.2) is 59.5 Å². The van der Waals surface area contributed by atoms with Crippen LogP contribution < -0.4 is 16.0 Å². The van der Waals surface area contributed by atoms with Crippen molar-refractivity contribution in [3.63, 3.8) is 0 Å². The van der Waals surface area contributed by atoms with E-state index in [1.165, 1.54) is 24.3 Å². The number of hydrogen-bond acceptors (Lipinski definition) is 4. The third-order valence-corrected chi connectivity index (χ3v) is 4.97. The number of ether oxygens (including phenoxy) is 1. The van der Waals surface area contributed by atoms with Crippen LogP contribution in [0, 0.1) is 0 Å². The topological polar surface area (TPSA) is 103 Å². The lowest BCUT2D eigenvalue weighted by Crippen LogP contribution is -2.27. The van der Waals surface area contributed by atoms with Crippen LogP contribution in [0.5, 0.6) is 5.75 Å². The minimum absolute atomic E-state index is 0.139. The van der Waals surface area contributed by atoms with Gasteiger partial charge in [-0.3, -0.25) is 14.3 Å². The summed E-state index contributed by atoms with van der Waals surface area (Å²) in [5.74, 6) is -0.681. The molecule has 2 heterocycles. The molecule has 0 aliphatic carbocycles. The molecule has 7 nitrogen and oxygen atoms in total. The van der Waals surface area contributed by atoms with Gasteiger partial charge in [-0.1, -0.05) is 18.2 Å². The molecule has 0 atom stereocenters. The van der Waals surface area contributed by atoms with Crippen molar-refractivity contribution in [2.45, 2.75) is 12.8 Å². The number of rotatable bonds is 5. The number of nitrogens with zero attached hydrogens (tertiary/aromatic N) is 2. The quantitative estimate of drug-likeness (QED) is 0.493. The van der Waals surface area contributed by atoms with Crippen LogP contribution in [0.2, 0.25) is 0 Å². The third-order valence-electron chi connectivity index (χ3n) is 4.97. The molecular formula is C22H17F3N4O3. The second-order valence-electron chi connectivity index (χ2n) is 7.14. The van der Waals surface area contributed by atoms with E-state index in [4.69, 9.17) is 10.5 Å². The molecule has 0 fully saturated rings. The van der Waals surface area contributed by atoms with Gasteiger partial charge in [0.25, 0.3) is 11.5 Å². The first kappa shape index (κ1) is 21.2. The Morgan fingerprint density at radius 2 is 1.88 bits per heavy atom. The van der Waals surface area contributed by atoms with E-state index in [1.807, 2.05) is 25.2 Å². The number of nitrogens with one attached hydrogen (secondary N) is 1. The Bertz CT molecular complexity index is 1370. The maximum Gasteiger partial charge on any atom is 0.431 e. The summed E-state index contributed by atoms with van der Waals surface area (Å²) in [6, 6.07) is 12.5. The van der Waals surface area contributed by atoms with Crippen molar-refractivity contribution in [3.8, 4) is 16.9 Å². The highest BCUT2D eigenvalue weighted by atomic mass is 19.4. The monoisotopic (exact) mass is 442 g/mol. The molecule has 2 aromatic heterocycles. The van der Waals surface area contributed by atoms with Gasteiger partial charge in [-0.2, -0.15) is 18.3 Å². The number of carbonyl (C=O) groups excluding carboxylic acids is 1. The van der Waals surface area contributed by atoms with Gasteiger partial charge >= 0.3 is 6.18 Å². The summed E-state index contributed by atoms with van der Waals surface area (Å²) in [5.41, 5.74) is 3.76. The molecule has 0 unspecified atom stereocenters. The number of nitrogens with two attached hydrogens (primary N) is 1.